The summed E-state index contributed by atoms with van der Waals surface area (Å²) in [6, 6.07) is 3.22. The normalized spacial score (nSPS) is 14.9. The topological polar surface area (TPSA) is 60.4 Å². The number of rotatable bonds is 3. The molecule has 0 unspecified atom stereocenters. The summed E-state index contributed by atoms with van der Waals surface area (Å²) in [5.74, 6) is 1.34. The summed E-state index contributed by atoms with van der Waals surface area (Å²) >= 11 is 18.1. The number of nitrogens with zero attached hydrogens (tertiary/aromatic N) is 4. The van der Waals surface area contributed by atoms with Crippen LogP contribution >= 0.6 is 34.8 Å². The molecule has 0 radical (unpaired) electrons. The van der Waals surface area contributed by atoms with Gasteiger partial charge in [-0.05, 0) is 19.1 Å². The van der Waals surface area contributed by atoms with Gasteiger partial charge in [-0.25, -0.2) is 0 Å². The molecule has 0 spiro atoms. The smallest absolute Gasteiger partial charge is 0.327 e. The Morgan fingerprint density at radius 1 is 1.04 bits per heavy atom. The first-order valence-electron chi connectivity index (χ1n) is 6.90. The zero-order chi connectivity index (χ0) is 16.4. The highest BCUT2D eigenvalue weighted by atomic mass is 35.5. The van der Waals surface area contributed by atoms with Gasteiger partial charge in [0.15, 0.2) is 5.75 Å². The molecule has 1 saturated heterocycles. The fourth-order valence-corrected chi connectivity index (χ4v) is 3.01. The molecule has 122 valence electrons. The molecule has 0 bridgehead atoms. The van der Waals surface area contributed by atoms with E-state index in [9.17, 15) is 0 Å². The summed E-state index contributed by atoms with van der Waals surface area (Å²) in [6.45, 7) is 4.46. The summed E-state index contributed by atoms with van der Waals surface area (Å²) in [5.41, 5.74) is 0. The Balaban J connectivity index is 1.90. The molecule has 0 amide bonds. The van der Waals surface area contributed by atoms with Crippen LogP contribution in [0.5, 0.6) is 11.8 Å². The van der Waals surface area contributed by atoms with Crippen LogP contribution in [0, 0.1) is 6.92 Å². The number of hydrogen-bond acceptors (Lipinski definition) is 6. The molecule has 1 aromatic carbocycles. The fourth-order valence-electron chi connectivity index (χ4n) is 2.11. The molecule has 6 nitrogen and oxygen atoms in total. The highest BCUT2D eigenvalue weighted by Gasteiger charge is 2.18. The van der Waals surface area contributed by atoms with Gasteiger partial charge in [0.25, 0.3) is 0 Å². The van der Waals surface area contributed by atoms with Gasteiger partial charge >= 0.3 is 6.01 Å². The lowest BCUT2D eigenvalue weighted by molar-refractivity contribution is 0.122. The summed E-state index contributed by atoms with van der Waals surface area (Å²) in [6.07, 6.45) is 0. The van der Waals surface area contributed by atoms with Crippen molar-refractivity contribution in [3.63, 3.8) is 0 Å². The van der Waals surface area contributed by atoms with E-state index in [2.05, 4.69) is 15.0 Å². The highest BCUT2D eigenvalue weighted by Crippen LogP contribution is 2.38. The Morgan fingerprint density at radius 2 is 1.70 bits per heavy atom. The van der Waals surface area contributed by atoms with Gasteiger partial charge in [0, 0.05) is 18.1 Å². The van der Waals surface area contributed by atoms with Gasteiger partial charge in [-0.15, -0.1) is 0 Å². The Bertz CT molecular complexity index is 700. The van der Waals surface area contributed by atoms with Gasteiger partial charge in [0.05, 0.1) is 23.3 Å². The van der Waals surface area contributed by atoms with Crippen LogP contribution in [-0.2, 0) is 4.74 Å². The third-order valence-electron chi connectivity index (χ3n) is 3.17. The zero-order valence-corrected chi connectivity index (χ0v) is 14.5. The molecule has 0 atom stereocenters. The van der Waals surface area contributed by atoms with Crippen molar-refractivity contribution in [2.45, 2.75) is 6.92 Å². The average molecular weight is 376 g/mol. The molecular formula is C14H13Cl3N4O2. The third-order valence-corrected chi connectivity index (χ3v) is 3.94. The van der Waals surface area contributed by atoms with E-state index in [1.165, 1.54) is 0 Å². The summed E-state index contributed by atoms with van der Waals surface area (Å²) in [4.78, 5) is 14.9. The number of benzene rings is 1. The average Bonchev–Trinajstić information content (AvgIpc) is 2.51. The number of aromatic nitrogens is 3. The van der Waals surface area contributed by atoms with Crippen LogP contribution in [0.1, 0.15) is 5.82 Å². The molecule has 2 aromatic rings. The molecule has 1 aliphatic rings. The molecule has 3 rings (SSSR count). The van der Waals surface area contributed by atoms with E-state index in [1.54, 1.807) is 19.1 Å². The van der Waals surface area contributed by atoms with Crippen molar-refractivity contribution in [1.29, 1.82) is 0 Å². The van der Waals surface area contributed by atoms with Gasteiger partial charge in [0.1, 0.15) is 5.82 Å². The van der Waals surface area contributed by atoms with Crippen molar-refractivity contribution < 1.29 is 9.47 Å². The lowest BCUT2D eigenvalue weighted by Crippen LogP contribution is -2.37. The van der Waals surface area contributed by atoms with Gasteiger partial charge in [-0.3, -0.25) is 0 Å². The van der Waals surface area contributed by atoms with E-state index >= 15 is 0 Å². The Morgan fingerprint density at radius 3 is 2.35 bits per heavy atom. The number of ether oxygens (including phenoxy) is 2. The first-order valence-corrected chi connectivity index (χ1v) is 8.04. The fraction of sp³-hybridized carbons (Fsp3) is 0.357. The van der Waals surface area contributed by atoms with Crippen LogP contribution in [0.2, 0.25) is 15.1 Å². The van der Waals surface area contributed by atoms with Gasteiger partial charge in [0.2, 0.25) is 5.95 Å². The van der Waals surface area contributed by atoms with E-state index in [4.69, 9.17) is 44.3 Å². The van der Waals surface area contributed by atoms with E-state index in [0.717, 1.165) is 0 Å². The van der Waals surface area contributed by atoms with Gasteiger partial charge < -0.3 is 14.4 Å². The van der Waals surface area contributed by atoms with Crippen LogP contribution in [-0.4, -0.2) is 41.3 Å². The van der Waals surface area contributed by atoms with Crippen molar-refractivity contribution in [1.82, 2.24) is 15.0 Å². The maximum atomic E-state index is 6.12. The molecular weight excluding hydrogens is 363 g/mol. The first-order chi connectivity index (χ1) is 11.0. The van der Waals surface area contributed by atoms with Crippen LogP contribution in [0.3, 0.4) is 0 Å². The summed E-state index contributed by atoms with van der Waals surface area (Å²) in [7, 11) is 0. The monoisotopic (exact) mass is 374 g/mol. The van der Waals surface area contributed by atoms with Crippen LogP contribution in [0.25, 0.3) is 0 Å². The Hall–Kier alpha value is -1.34. The van der Waals surface area contributed by atoms with Crippen LogP contribution in [0.4, 0.5) is 5.95 Å². The molecule has 0 saturated carbocycles. The van der Waals surface area contributed by atoms with Crippen molar-refractivity contribution in [2.24, 2.45) is 0 Å². The van der Waals surface area contributed by atoms with E-state index in [0.29, 0.717) is 43.1 Å². The minimum Gasteiger partial charge on any atom is -0.421 e. The third kappa shape index (κ3) is 3.95. The maximum Gasteiger partial charge on any atom is 0.327 e. The number of anilines is 1. The lowest BCUT2D eigenvalue weighted by Gasteiger charge is -2.26. The van der Waals surface area contributed by atoms with Gasteiger partial charge in [-0.2, -0.15) is 15.0 Å². The number of aryl methyl sites for hydroxylation is 1. The second-order valence-corrected chi connectivity index (χ2v) is 6.12. The first kappa shape index (κ1) is 16.5. The molecule has 1 aliphatic heterocycles. The number of morpholine rings is 1. The summed E-state index contributed by atoms with van der Waals surface area (Å²) < 4.78 is 11.0. The van der Waals surface area contributed by atoms with E-state index in [-0.39, 0.29) is 21.8 Å². The molecule has 23 heavy (non-hydrogen) atoms. The predicted octanol–water partition coefficient (Wildman–Crippen LogP) is 3.77. The second kappa shape index (κ2) is 7.05. The predicted molar refractivity (Wildman–Crippen MR) is 89.1 cm³/mol. The highest BCUT2D eigenvalue weighted by molar-refractivity contribution is 6.40. The SMILES string of the molecule is Cc1nc(Oc2c(Cl)cc(Cl)cc2Cl)nc(N2CCOCC2)n1. The van der Waals surface area contributed by atoms with Gasteiger partial charge in [-0.1, -0.05) is 34.8 Å². The maximum absolute atomic E-state index is 6.12. The van der Waals surface area contributed by atoms with Crippen LogP contribution < -0.4 is 9.64 Å². The molecule has 1 fully saturated rings. The molecule has 0 aliphatic carbocycles. The standard InChI is InChI=1S/C14H13Cl3N4O2/c1-8-18-13(21-2-4-22-5-3-21)20-14(19-8)23-12-10(16)6-9(15)7-11(12)17/h6-7H,2-5H2,1H3. The lowest BCUT2D eigenvalue weighted by atomic mass is 10.3. The molecule has 9 heteroatoms. The molecule has 1 aromatic heterocycles. The van der Waals surface area contributed by atoms with Crippen molar-refractivity contribution in [3.05, 3.63) is 33.0 Å². The minimum absolute atomic E-state index is 0.130. The van der Waals surface area contributed by atoms with Crippen molar-refractivity contribution in [3.8, 4) is 11.8 Å². The summed E-state index contributed by atoms with van der Waals surface area (Å²) in [5, 5.41) is 0.996. The number of hydrogen-bond donors (Lipinski definition) is 0. The Kier molecular flexibility index (Phi) is 5.06. The minimum atomic E-state index is 0.130. The zero-order valence-electron chi connectivity index (χ0n) is 12.2. The van der Waals surface area contributed by atoms with Crippen molar-refractivity contribution >= 4 is 40.8 Å². The largest absolute Gasteiger partial charge is 0.421 e. The van der Waals surface area contributed by atoms with Crippen molar-refractivity contribution in [2.75, 3.05) is 31.2 Å². The second-order valence-electron chi connectivity index (χ2n) is 4.87. The van der Waals surface area contributed by atoms with Crippen LogP contribution in [0.15, 0.2) is 12.1 Å². The number of halogens is 3. The van der Waals surface area contributed by atoms with E-state index in [1.807, 2.05) is 4.90 Å². The Labute approximate surface area is 148 Å². The van der Waals surface area contributed by atoms with E-state index < -0.39 is 0 Å². The molecule has 0 N–H and O–H groups in total. The molecule has 2 heterocycles. The quantitative estimate of drug-likeness (QED) is 0.814.